The van der Waals surface area contributed by atoms with E-state index in [1.54, 1.807) is 6.20 Å². The summed E-state index contributed by atoms with van der Waals surface area (Å²) >= 11 is 3.40. The topological polar surface area (TPSA) is 32.9 Å². The van der Waals surface area contributed by atoms with Gasteiger partial charge < -0.3 is 4.98 Å². The van der Waals surface area contributed by atoms with Crippen LogP contribution in [0, 0.1) is 5.92 Å². The van der Waals surface area contributed by atoms with Crippen LogP contribution in [0.2, 0.25) is 0 Å². The van der Waals surface area contributed by atoms with Gasteiger partial charge in [-0.05, 0) is 12.1 Å². The lowest BCUT2D eigenvalue weighted by molar-refractivity contribution is 0.0941. The van der Waals surface area contributed by atoms with Crippen molar-refractivity contribution in [3.8, 4) is 0 Å². The van der Waals surface area contributed by atoms with Crippen molar-refractivity contribution < 1.29 is 4.79 Å². The van der Waals surface area contributed by atoms with E-state index in [2.05, 4.69) is 20.9 Å². The van der Waals surface area contributed by atoms with Gasteiger partial charge in [-0.1, -0.05) is 35.8 Å². The molecule has 1 heterocycles. The smallest absolute Gasteiger partial charge is 0.167 e. The Labute approximate surface area is 96.8 Å². The molecule has 0 fully saturated rings. The largest absolute Gasteiger partial charge is 0.360 e. The van der Waals surface area contributed by atoms with Crippen molar-refractivity contribution in [2.75, 3.05) is 0 Å². The van der Waals surface area contributed by atoms with Crippen molar-refractivity contribution in [3.05, 3.63) is 34.4 Å². The average molecular weight is 266 g/mol. The Balaban J connectivity index is 2.59. The fourth-order valence-electron chi connectivity index (χ4n) is 1.61. The number of hydrogen-bond acceptors (Lipinski definition) is 1. The van der Waals surface area contributed by atoms with Gasteiger partial charge in [0.1, 0.15) is 0 Å². The Bertz CT molecular complexity index is 513. The maximum Gasteiger partial charge on any atom is 0.167 e. The summed E-state index contributed by atoms with van der Waals surface area (Å²) in [7, 11) is 0. The minimum Gasteiger partial charge on any atom is -0.360 e. The monoisotopic (exact) mass is 265 g/mol. The highest BCUT2D eigenvalue weighted by Crippen LogP contribution is 2.24. The molecule has 78 valence electrons. The summed E-state index contributed by atoms with van der Waals surface area (Å²) in [5, 5.41) is 0.997. The molecule has 0 atom stereocenters. The molecule has 0 aliphatic heterocycles. The first-order chi connectivity index (χ1) is 7.09. The van der Waals surface area contributed by atoms with Gasteiger partial charge in [0.05, 0.1) is 0 Å². The maximum atomic E-state index is 11.9. The molecule has 0 radical (unpaired) electrons. The predicted molar refractivity (Wildman–Crippen MR) is 65.2 cm³/mol. The van der Waals surface area contributed by atoms with E-state index in [1.165, 1.54) is 0 Å². The van der Waals surface area contributed by atoms with Crippen LogP contribution >= 0.6 is 15.9 Å². The fourth-order valence-corrected chi connectivity index (χ4v) is 1.97. The van der Waals surface area contributed by atoms with Gasteiger partial charge >= 0.3 is 0 Å². The van der Waals surface area contributed by atoms with E-state index in [1.807, 2.05) is 32.0 Å². The lowest BCUT2D eigenvalue weighted by Gasteiger charge is -2.01. The number of benzene rings is 1. The Kier molecular flexibility index (Phi) is 2.65. The van der Waals surface area contributed by atoms with Crippen LogP contribution in [-0.2, 0) is 0 Å². The summed E-state index contributed by atoms with van der Waals surface area (Å²) in [6, 6.07) is 5.89. The Morgan fingerprint density at radius 3 is 2.80 bits per heavy atom. The number of carbonyl (C=O) groups excluding carboxylic acids is 1. The summed E-state index contributed by atoms with van der Waals surface area (Å²) < 4.78 is 1.01. The van der Waals surface area contributed by atoms with Crippen LogP contribution in [0.15, 0.2) is 28.9 Å². The standard InChI is InChI=1S/C12H12BrNO/c1-7(2)12(15)10-6-14-11-5-8(13)3-4-9(10)11/h3-7,14H,1-2H3. The van der Waals surface area contributed by atoms with Crippen molar-refractivity contribution in [2.45, 2.75) is 13.8 Å². The number of hydrogen-bond donors (Lipinski definition) is 1. The van der Waals surface area contributed by atoms with Gasteiger partial charge in [-0.3, -0.25) is 4.79 Å². The van der Waals surface area contributed by atoms with Gasteiger partial charge in [0, 0.05) is 33.1 Å². The van der Waals surface area contributed by atoms with Crippen LogP contribution < -0.4 is 0 Å². The van der Waals surface area contributed by atoms with Gasteiger partial charge in [-0.2, -0.15) is 0 Å². The molecule has 2 rings (SSSR count). The van der Waals surface area contributed by atoms with E-state index in [4.69, 9.17) is 0 Å². The highest BCUT2D eigenvalue weighted by molar-refractivity contribution is 9.10. The summed E-state index contributed by atoms with van der Waals surface area (Å²) in [6.07, 6.45) is 1.79. The minimum atomic E-state index is 0.0349. The molecular weight excluding hydrogens is 254 g/mol. The molecule has 2 nitrogen and oxygen atoms in total. The molecule has 0 saturated heterocycles. The van der Waals surface area contributed by atoms with Gasteiger partial charge in [0.15, 0.2) is 5.78 Å². The van der Waals surface area contributed by atoms with E-state index in [0.29, 0.717) is 0 Å². The number of ketones is 1. The number of carbonyl (C=O) groups is 1. The summed E-state index contributed by atoms with van der Waals surface area (Å²) in [5.41, 5.74) is 1.78. The first-order valence-electron chi connectivity index (χ1n) is 4.90. The second-order valence-electron chi connectivity index (χ2n) is 3.91. The highest BCUT2D eigenvalue weighted by Gasteiger charge is 2.14. The third-order valence-corrected chi connectivity index (χ3v) is 2.93. The lowest BCUT2D eigenvalue weighted by atomic mass is 10.0. The molecule has 0 amide bonds. The van der Waals surface area contributed by atoms with Crippen molar-refractivity contribution in [1.82, 2.24) is 4.98 Å². The number of halogens is 1. The average Bonchev–Trinajstić information content (AvgIpc) is 2.59. The number of H-pyrrole nitrogens is 1. The summed E-state index contributed by atoms with van der Waals surface area (Å²) in [5.74, 6) is 0.219. The van der Waals surface area contributed by atoms with Crippen LogP contribution in [0.3, 0.4) is 0 Å². The fraction of sp³-hybridized carbons (Fsp3) is 0.250. The number of aromatic amines is 1. The molecule has 0 saturated carbocycles. The van der Waals surface area contributed by atoms with Crippen molar-refractivity contribution in [3.63, 3.8) is 0 Å². The molecule has 1 aromatic carbocycles. The summed E-state index contributed by atoms with van der Waals surface area (Å²) in [4.78, 5) is 15.0. The number of fused-ring (bicyclic) bond motifs is 1. The molecule has 1 N–H and O–H groups in total. The predicted octanol–water partition coefficient (Wildman–Crippen LogP) is 3.77. The summed E-state index contributed by atoms with van der Waals surface area (Å²) in [6.45, 7) is 3.83. The third kappa shape index (κ3) is 1.84. The van der Waals surface area contributed by atoms with E-state index < -0.39 is 0 Å². The normalized spacial score (nSPS) is 11.2. The van der Waals surface area contributed by atoms with E-state index >= 15 is 0 Å². The Morgan fingerprint density at radius 1 is 1.40 bits per heavy atom. The molecule has 0 aliphatic rings. The number of nitrogens with one attached hydrogen (secondary N) is 1. The molecule has 0 spiro atoms. The van der Waals surface area contributed by atoms with Gasteiger partial charge in [-0.25, -0.2) is 0 Å². The molecule has 0 aliphatic carbocycles. The maximum absolute atomic E-state index is 11.9. The zero-order chi connectivity index (χ0) is 11.0. The Morgan fingerprint density at radius 2 is 2.13 bits per heavy atom. The molecule has 0 unspecified atom stereocenters. The van der Waals surface area contributed by atoms with Gasteiger partial charge in [0.2, 0.25) is 0 Å². The van der Waals surface area contributed by atoms with E-state index in [0.717, 1.165) is 20.9 Å². The van der Waals surface area contributed by atoms with Crippen molar-refractivity contribution in [1.29, 1.82) is 0 Å². The lowest BCUT2D eigenvalue weighted by Crippen LogP contribution is -2.06. The zero-order valence-corrected chi connectivity index (χ0v) is 10.3. The van der Waals surface area contributed by atoms with Gasteiger partial charge in [-0.15, -0.1) is 0 Å². The third-order valence-electron chi connectivity index (χ3n) is 2.43. The first-order valence-corrected chi connectivity index (χ1v) is 5.69. The van der Waals surface area contributed by atoms with Crippen LogP contribution in [0.1, 0.15) is 24.2 Å². The SMILES string of the molecule is CC(C)C(=O)c1c[nH]c2cc(Br)ccc12. The van der Waals surface area contributed by atoms with Crippen LogP contribution in [0.25, 0.3) is 10.9 Å². The van der Waals surface area contributed by atoms with Crippen molar-refractivity contribution in [2.24, 2.45) is 5.92 Å². The molecule has 1 aromatic heterocycles. The highest BCUT2D eigenvalue weighted by atomic mass is 79.9. The molecule has 15 heavy (non-hydrogen) atoms. The zero-order valence-electron chi connectivity index (χ0n) is 8.67. The molecule has 2 aromatic rings. The Hall–Kier alpha value is -1.09. The first kappa shape index (κ1) is 10.4. The molecule has 3 heteroatoms. The number of rotatable bonds is 2. The van der Waals surface area contributed by atoms with E-state index in [-0.39, 0.29) is 11.7 Å². The molecular formula is C12H12BrNO. The van der Waals surface area contributed by atoms with Crippen molar-refractivity contribution >= 4 is 32.6 Å². The van der Waals surface area contributed by atoms with Gasteiger partial charge in [0.25, 0.3) is 0 Å². The van der Waals surface area contributed by atoms with Crippen LogP contribution in [0.4, 0.5) is 0 Å². The van der Waals surface area contributed by atoms with Crippen LogP contribution in [0.5, 0.6) is 0 Å². The number of Topliss-reactive ketones (excluding diaryl/α,β-unsaturated/α-hetero) is 1. The molecule has 0 bridgehead atoms. The quantitative estimate of drug-likeness (QED) is 0.824. The van der Waals surface area contributed by atoms with Crippen LogP contribution in [-0.4, -0.2) is 10.8 Å². The van der Waals surface area contributed by atoms with E-state index in [9.17, 15) is 4.79 Å². The second kappa shape index (κ2) is 3.81. The second-order valence-corrected chi connectivity index (χ2v) is 4.83. The number of aromatic nitrogens is 1. The minimum absolute atomic E-state index is 0.0349.